The minimum absolute atomic E-state index is 0.237. The molecular weight excluding hydrogens is 412 g/mol. The van der Waals surface area contributed by atoms with Gasteiger partial charge in [-0.3, -0.25) is 9.80 Å². The summed E-state index contributed by atoms with van der Waals surface area (Å²) in [4.78, 5) is 4.29. The molecule has 0 saturated carbocycles. The smallest absolute Gasteiger partial charge is 0.297 e. The molecule has 0 aromatic heterocycles. The van der Waals surface area contributed by atoms with Crippen molar-refractivity contribution in [1.82, 2.24) is 9.80 Å². The van der Waals surface area contributed by atoms with Crippen molar-refractivity contribution in [3.63, 3.8) is 0 Å². The van der Waals surface area contributed by atoms with E-state index >= 15 is 0 Å². The monoisotopic (exact) mass is 430 g/mol. The van der Waals surface area contributed by atoms with Crippen LogP contribution in [0.3, 0.4) is 0 Å². The molecule has 1 heterocycles. The molecule has 0 spiro atoms. The summed E-state index contributed by atoms with van der Waals surface area (Å²) >= 11 is 3.20. The molecule has 1 fully saturated rings. The molecule has 1 aliphatic rings. The van der Waals surface area contributed by atoms with Crippen LogP contribution in [0.4, 0.5) is 17.6 Å². The van der Waals surface area contributed by atoms with E-state index in [0.29, 0.717) is 28.7 Å². The molecule has 0 radical (unpaired) electrons. The molecule has 2 nitrogen and oxygen atoms in total. The number of alkyl halides is 3. The maximum atomic E-state index is 14.1. The summed E-state index contributed by atoms with van der Waals surface area (Å²) in [6, 6.07) is 10.7. The number of halogens is 5. The summed E-state index contributed by atoms with van der Waals surface area (Å²) in [6.07, 6.45) is -4.32. The van der Waals surface area contributed by atoms with Gasteiger partial charge in [-0.25, -0.2) is 4.39 Å². The molecule has 0 N–H and O–H groups in total. The van der Waals surface area contributed by atoms with Gasteiger partial charge < -0.3 is 0 Å². The molecule has 0 unspecified atom stereocenters. The van der Waals surface area contributed by atoms with Crippen molar-refractivity contribution in [1.29, 1.82) is 0 Å². The highest BCUT2D eigenvalue weighted by molar-refractivity contribution is 9.10. The topological polar surface area (TPSA) is 6.48 Å². The fourth-order valence-corrected chi connectivity index (χ4v) is 3.53. The molecule has 2 aromatic rings. The van der Waals surface area contributed by atoms with Crippen molar-refractivity contribution in [2.75, 3.05) is 26.2 Å². The van der Waals surface area contributed by atoms with Gasteiger partial charge in [-0.2, -0.15) is 13.2 Å². The van der Waals surface area contributed by atoms with Gasteiger partial charge in [-0.15, -0.1) is 0 Å². The van der Waals surface area contributed by atoms with Gasteiger partial charge in [0.2, 0.25) is 0 Å². The molecule has 2 aromatic carbocycles. The maximum Gasteiger partial charge on any atom is 0.416 e. The Balaban J connectivity index is 1.55. The normalized spacial score (nSPS) is 16.8. The van der Waals surface area contributed by atoms with E-state index in [1.807, 2.05) is 6.07 Å². The van der Waals surface area contributed by atoms with Crippen molar-refractivity contribution >= 4 is 15.9 Å². The molecule has 140 valence electrons. The second-order valence-corrected chi connectivity index (χ2v) is 7.32. The Labute approximate surface area is 158 Å². The third-order valence-electron chi connectivity index (χ3n) is 4.55. The predicted octanol–water partition coefficient (Wildman–Crippen LogP) is 4.92. The molecule has 26 heavy (non-hydrogen) atoms. The molecule has 0 amide bonds. The Kier molecular flexibility index (Phi) is 5.99. The van der Waals surface area contributed by atoms with Crippen LogP contribution in [0.5, 0.6) is 0 Å². The fourth-order valence-electron chi connectivity index (χ4n) is 3.12. The molecule has 0 bridgehead atoms. The lowest BCUT2D eigenvalue weighted by Gasteiger charge is -2.34. The number of hydrogen-bond donors (Lipinski definition) is 0. The average Bonchev–Trinajstić information content (AvgIpc) is 2.60. The Bertz CT molecular complexity index is 755. The van der Waals surface area contributed by atoms with E-state index in [0.717, 1.165) is 32.2 Å². The zero-order valence-corrected chi connectivity index (χ0v) is 15.7. The lowest BCUT2D eigenvalue weighted by Crippen LogP contribution is -2.45. The summed E-state index contributed by atoms with van der Waals surface area (Å²) in [7, 11) is 0. The second-order valence-electron chi connectivity index (χ2n) is 6.46. The van der Waals surface area contributed by atoms with E-state index in [1.165, 1.54) is 12.1 Å². The number of nitrogens with zero attached hydrogens (tertiary/aromatic N) is 2. The third-order valence-corrected chi connectivity index (χ3v) is 5.16. The number of benzene rings is 2. The van der Waals surface area contributed by atoms with Crippen LogP contribution in [0.2, 0.25) is 0 Å². The summed E-state index contributed by atoms with van der Waals surface area (Å²) in [6.45, 7) is 4.01. The van der Waals surface area contributed by atoms with Crippen LogP contribution in [0.25, 0.3) is 0 Å². The highest BCUT2D eigenvalue weighted by Crippen LogP contribution is 2.30. The first kappa shape index (κ1) is 19.3. The van der Waals surface area contributed by atoms with Crippen LogP contribution in [-0.4, -0.2) is 36.0 Å². The quantitative estimate of drug-likeness (QED) is 0.634. The lowest BCUT2D eigenvalue weighted by molar-refractivity contribution is -0.137. The third kappa shape index (κ3) is 4.84. The van der Waals surface area contributed by atoms with Gasteiger partial charge in [0.15, 0.2) is 0 Å². The summed E-state index contributed by atoms with van der Waals surface area (Å²) in [5.41, 5.74) is 0.691. The summed E-state index contributed by atoms with van der Waals surface area (Å²) < 4.78 is 53.0. The van der Waals surface area contributed by atoms with Crippen molar-refractivity contribution in [3.8, 4) is 0 Å². The van der Waals surface area contributed by atoms with Crippen LogP contribution >= 0.6 is 15.9 Å². The van der Waals surface area contributed by atoms with Crippen LogP contribution in [-0.2, 0) is 19.3 Å². The van der Waals surface area contributed by atoms with E-state index in [1.54, 1.807) is 18.2 Å². The highest BCUT2D eigenvalue weighted by atomic mass is 79.9. The van der Waals surface area contributed by atoms with Gasteiger partial charge >= 0.3 is 6.18 Å². The Morgan fingerprint density at radius 2 is 1.50 bits per heavy atom. The van der Waals surface area contributed by atoms with E-state index in [2.05, 4.69) is 25.7 Å². The lowest BCUT2D eigenvalue weighted by atomic mass is 10.1. The largest absolute Gasteiger partial charge is 0.416 e. The van der Waals surface area contributed by atoms with E-state index < -0.39 is 11.7 Å². The Morgan fingerprint density at radius 1 is 0.885 bits per heavy atom. The van der Waals surface area contributed by atoms with Crippen LogP contribution in [0.15, 0.2) is 46.9 Å². The standard InChI is InChI=1S/C19H19BrF4N2/c20-17-6-2-4-15(18(17)21)13-26-9-7-25(8-10-26)12-14-3-1-5-16(11-14)19(22,23)24/h1-6,11H,7-10,12-13H2. The fraction of sp³-hybridized carbons (Fsp3) is 0.368. The van der Waals surface area contributed by atoms with Gasteiger partial charge in [0.05, 0.1) is 10.0 Å². The van der Waals surface area contributed by atoms with Gasteiger partial charge in [0.1, 0.15) is 5.82 Å². The van der Waals surface area contributed by atoms with E-state index in [4.69, 9.17) is 0 Å². The summed E-state index contributed by atoms with van der Waals surface area (Å²) in [5, 5.41) is 0. The first-order valence-corrected chi connectivity index (χ1v) is 9.16. The minimum Gasteiger partial charge on any atom is -0.297 e. The van der Waals surface area contributed by atoms with Crippen LogP contribution in [0, 0.1) is 5.82 Å². The molecular formula is C19H19BrF4N2. The van der Waals surface area contributed by atoms with Gasteiger partial charge in [0.25, 0.3) is 0 Å². The second kappa shape index (κ2) is 8.06. The average molecular weight is 431 g/mol. The maximum absolute atomic E-state index is 14.1. The van der Waals surface area contributed by atoms with Crippen molar-refractivity contribution < 1.29 is 17.6 Å². The molecule has 0 aliphatic carbocycles. The minimum atomic E-state index is -4.32. The van der Waals surface area contributed by atoms with Gasteiger partial charge in [-0.05, 0) is 33.6 Å². The molecule has 1 aliphatic heterocycles. The van der Waals surface area contributed by atoms with Crippen LogP contribution < -0.4 is 0 Å². The van der Waals surface area contributed by atoms with Crippen molar-refractivity contribution in [2.24, 2.45) is 0 Å². The van der Waals surface area contributed by atoms with Crippen molar-refractivity contribution in [2.45, 2.75) is 19.3 Å². The van der Waals surface area contributed by atoms with Crippen molar-refractivity contribution in [3.05, 3.63) is 69.4 Å². The zero-order valence-electron chi connectivity index (χ0n) is 14.1. The number of hydrogen-bond acceptors (Lipinski definition) is 2. The molecule has 1 saturated heterocycles. The Morgan fingerprint density at radius 3 is 2.15 bits per heavy atom. The van der Waals surface area contributed by atoms with Gasteiger partial charge in [-0.1, -0.05) is 30.3 Å². The first-order chi connectivity index (χ1) is 12.3. The Hall–Kier alpha value is -1.44. The first-order valence-electron chi connectivity index (χ1n) is 8.36. The molecule has 7 heteroatoms. The molecule has 3 rings (SSSR count). The highest BCUT2D eigenvalue weighted by Gasteiger charge is 2.30. The van der Waals surface area contributed by atoms with E-state index in [-0.39, 0.29) is 5.82 Å². The molecule has 0 atom stereocenters. The number of piperazine rings is 1. The predicted molar refractivity (Wildman–Crippen MR) is 96.1 cm³/mol. The SMILES string of the molecule is Fc1c(Br)cccc1CN1CCN(Cc2cccc(C(F)(F)F)c2)CC1. The summed E-state index contributed by atoms with van der Waals surface area (Å²) in [5.74, 6) is -0.237. The van der Waals surface area contributed by atoms with Crippen LogP contribution in [0.1, 0.15) is 16.7 Å². The van der Waals surface area contributed by atoms with Gasteiger partial charge in [0, 0.05) is 44.8 Å². The van der Waals surface area contributed by atoms with E-state index in [9.17, 15) is 17.6 Å². The zero-order chi connectivity index (χ0) is 18.7. The number of rotatable bonds is 4.